The van der Waals surface area contributed by atoms with Crippen LogP contribution in [0, 0.1) is 5.92 Å². The second-order valence-corrected chi connectivity index (χ2v) is 8.25. The van der Waals surface area contributed by atoms with Crippen LogP contribution in [0.15, 0.2) is 24.3 Å². The highest BCUT2D eigenvalue weighted by atomic mass is 16.5. The van der Waals surface area contributed by atoms with Gasteiger partial charge in [-0.3, -0.25) is 19.3 Å². The molecule has 0 spiro atoms. The van der Waals surface area contributed by atoms with E-state index in [2.05, 4.69) is 6.92 Å². The summed E-state index contributed by atoms with van der Waals surface area (Å²) in [6, 6.07) is 6.79. The molecular weight excluding hydrogens is 386 g/mol. The molecule has 1 aromatic rings. The van der Waals surface area contributed by atoms with E-state index in [0.29, 0.717) is 30.3 Å². The van der Waals surface area contributed by atoms with E-state index in [-0.39, 0.29) is 43.7 Å². The smallest absolute Gasteiger partial charge is 0.354 e. The number of hydrogen-bond donors (Lipinski definition) is 0. The Morgan fingerprint density at radius 2 is 1.87 bits per heavy atom. The van der Waals surface area contributed by atoms with Crippen LogP contribution in [0.2, 0.25) is 0 Å². The number of piperidine rings is 1. The van der Waals surface area contributed by atoms with Gasteiger partial charge >= 0.3 is 5.97 Å². The van der Waals surface area contributed by atoms with E-state index < -0.39 is 11.6 Å². The van der Waals surface area contributed by atoms with E-state index in [0.717, 1.165) is 12.8 Å². The van der Waals surface area contributed by atoms with Crippen molar-refractivity contribution in [2.45, 2.75) is 45.2 Å². The highest BCUT2D eigenvalue weighted by molar-refractivity contribution is 6.15. The summed E-state index contributed by atoms with van der Waals surface area (Å²) in [6.45, 7) is 5.08. The molecule has 3 heterocycles. The van der Waals surface area contributed by atoms with Crippen molar-refractivity contribution in [1.29, 1.82) is 0 Å². The summed E-state index contributed by atoms with van der Waals surface area (Å²) >= 11 is 0. The number of nitrogens with zero attached hydrogens (tertiary/aromatic N) is 3. The van der Waals surface area contributed by atoms with Gasteiger partial charge in [0.15, 0.2) is 6.61 Å². The molecule has 30 heavy (non-hydrogen) atoms. The molecule has 2 saturated heterocycles. The molecule has 8 heteroatoms. The third kappa shape index (κ3) is 3.05. The van der Waals surface area contributed by atoms with Crippen LogP contribution in [0.25, 0.3) is 0 Å². The number of anilines is 1. The fraction of sp³-hybridized carbons (Fsp3) is 0.545. The van der Waals surface area contributed by atoms with Crippen LogP contribution in [0.1, 0.15) is 49.9 Å². The molecule has 0 radical (unpaired) electrons. The molecule has 0 unspecified atom stereocenters. The molecule has 3 aliphatic heterocycles. The van der Waals surface area contributed by atoms with Gasteiger partial charge in [-0.25, -0.2) is 4.79 Å². The number of para-hydroxylation sites is 1. The average molecular weight is 413 g/mol. The molecule has 0 aromatic heterocycles. The summed E-state index contributed by atoms with van der Waals surface area (Å²) in [7, 11) is 0. The lowest BCUT2D eigenvalue weighted by molar-refractivity contribution is -0.162. The lowest BCUT2D eigenvalue weighted by atomic mass is 9.96. The Hall–Kier alpha value is -2.90. The lowest BCUT2D eigenvalue weighted by Gasteiger charge is -2.48. The topological polar surface area (TPSA) is 87.2 Å². The van der Waals surface area contributed by atoms with Gasteiger partial charge in [-0.15, -0.1) is 0 Å². The SMILES string of the molecule is CCN1C(=O)c2ccccc2N2C(=O)CC[C@]12C(=O)OCC(=O)N1CCC(C)CC1. The van der Waals surface area contributed by atoms with Gasteiger partial charge in [0.25, 0.3) is 11.8 Å². The summed E-state index contributed by atoms with van der Waals surface area (Å²) in [5, 5.41) is 0. The van der Waals surface area contributed by atoms with Crippen molar-refractivity contribution in [2.24, 2.45) is 5.92 Å². The molecule has 160 valence electrons. The van der Waals surface area contributed by atoms with Crippen LogP contribution in [0.5, 0.6) is 0 Å². The van der Waals surface area contributed by atoms with Gasteiger partial charge in [-0.2, -0.15) is 0 Å². The summed E-state index contributed by atoms with van der Waals surface area (Å²) in [6.07, 6.45) is 2.14. The third-order valence-electron chi connectivity index (χ3n) is 6.48. The minimum atomic E-state index is -1.53. The first-order valence-electron chi connectivity index (χ1n) is 10.6. The zero-order valence-electron chi connectivity index (χ0n) is 17.4. The van der Waals surface area contributed by atoms with Gasteiger partial charge in [0.2, 0.25) is 11.6 Å². The molecule has 0 N–H and O–H groups in total. The van der Waals surface area contributed by atoms with E-state index in [1.165, 1.54) is 9.80 Å². The maximum absolute atomic E-state index is 13.3. The molecule has 3 aliphatic rings. The van der Waals surface area contributed by atoms with Gasteiger partial charge in [0.05, 0.1) is 11.3 Å². The molecule has 2 fully saturated rings. The van der Waals surface area contributed by atoms with E-state index in [1.807, 2.05) is 0 Å². The fourth-order valence-corrected chi connectivity index (χ4v) is 4.76. The Bertz CT molecular complexity index is 893. The van der Waals surface area contributed by atoms with E-state index in [1.54, 1.807) is 36.1 Å². The minimum absolute atomic E-state index is 0.130. The first kappa shape index (κ1) is 20.4. The van der Waals surface area contributed by atoms with Crippen molar-refractivity contribution in [3.8, 4) is 0 Å². The Kier molecular flexibility index (Phi) is 5.26. The highest BCUT2D eigenvalue weighted by Crippen LogP contribution is 2.44. The van der Waals surface area contributed by atoms with Gasteiger partial charge in [-0.1, -0.05) is 19.1 Å². The predicted octanol–water partition coefficient (Wildman–Crippen LogP) is 1.79. The molecule has 1 aromatic carbocycles. The number of ether oxygens (including phenoxy) is 1. The van der Waals surface area contributed by atoms with Crippen LogP contribution >= 0.6 is 0 Å². The quantitative estimate of drug-likeness (QED) is 0.703. The normalized spacial score (nSPS) is 24.0. The maximum atomic E-state index is 13.3. The van der Waals surface area contributed by atoms with Crippen molar-refractivity contribution in [1.82, 2.24) is 9.80 Å². The van der Waals surface area contributed by atoms with Gasteiger partial charge in [0.1, 0.15) is 0 Å². The Morgan fingerprint density at radius 1 is 1.17 bits per heavy atom. The van der Waals surface area contributed by atoms with Crippen molar-refractivity contribution in [3.05, 3.63) is 29.8 Å². The van der Waals surface area contributed by atoms with Crippen molar-refractivity contribution in [2.75, 3.05) is 31.1 Å². The number of rotatable bonds is 4. The maximum Gasteiger partial charge on any atom is 0.354 e. The van der Waals surface area contributed by atoms with Crippen LogP contribution in [-0.4, -0.2) is 65.4 Å². The average Bonchev–Trinajstić information content (AvgIpc) is 3.11. The second-order valence-electron chi connectivity index (χ2n) is 8.25. The zero-order valence-corrected chi connectivity index (χ0v) is 17.4. The zero-order chi connectivity index (χ0) is 21.5. The number of hydrogen-bond acceptors (Lipinski definition) is 5. The molecule has 3 amide bonds. The van der Waals surface area contributed by atoms with Crippen LogP contribution in [-0.2, 0) is 19.1 Å². The summed E-state index contributed by atoms with van der Waals surface area (Å²) in [4.78, 5) is 56.3. The third-order valence-corrected chi connectivity index (χ3v) is 6.48. The molecular formula is C22H27N3O5. The van der Waals surface area contributed by atoms with Gasteiger partial charge in [-0.05, 0) is 37.8 Å². The van der Waals surface area contributed by atoms with Gasteiger partial charge < -0.3 is 14.5 Å². The standard InChI is InChI=1S/C22H27N3O5/c1-3-24-20(28)16-6-4-5-7-17(16)25-18(26)8-11-22(24,25)21(29)30-14-19(27)23-12-9-15(2)10-13-23/h4-7,15H,3,8-14H2,1-2H3/t22-/m0/s1. The van der Waals surface area contributed by atoms with E-state index in [9.17, 15) is 19.2 Å². The Morgan fingerprint density at radius 3 is 2.57 bits per heavy atom. The number of benzene rings is 1. The highest BCUT2D eigenvalue weighted by Gasteiger charge is 2.61. The van der Waals surface area contributed by atoms with Crippen LogP contribution in [0.4, 0.5) is 5.69 Å². The molecule has 0 saturated carbocycles. The predicted molar refractivity (Wildman–Crippen MR) is 109 cm³/mol. The van der Waals surface area contributed by atoms with Crippen molar-refractivity contribution >= 4 is 29.4 Å². The summed E-state index contributed by atoms with van der Waals surface area (Å²) in [5.41, 5.74) is -0.729. The number of carbonyl (C=O) groups excluding carboxylic acids is 4. The van der Waals surface area contributed by atoms with Crippen molar-refractivity contribution < 1.29 is 23.9 Å². The summed E-state index contributed by atoms with van der Waals surface area (Å²) < 4.78 is 5.45. The minimum Gasteiger partial charge on any atom is -0.452 e. The number of fused-ring (bicyclic) bond motifs is 3. The largest absolute Gasteiger partial charge is 0.452 e. The summed E-state index contributed by atoms with van der Waals surface area (Å²) in [5.74, 6) is -0.932. The Labute approximate surface area is 175 Å². The number of likely N-dealkylation sites (tertiary alicyclic amines) is 1. The lowest BCUT2D eigenvalue weighted by Crippen LogP contribution is -2.68. The monoisotopic (exact) mass is 413 g/mol. The first-order chi connectivity index (χ1) is 14.4. The molecule has 0 bridgehead atoms. The second kappa shape index (κ2) is 7.74. The number of amides is 3. The van der Waals surface area contributed by atoms with Crippen molar-refractivity contribution in [3.63, 3.8) is 0 Å². The molecule has 4 rings (SSSR count). The van der Waals surface area contributed by atoms with Crippen LogP contribution < -0.4 is 4.90 Å². The van der Waals surface area contributed by atoms with Gasteiger partial charge in [0, 0.05) is 32.5 Å². The number of esters is 1. The van der Waals surface area contributed by atoms with E-state index in [4.69, 9.17) is 4.74 Å². The van der Waals surface area contributed by atoms with E-state index >= 15 is 0 Å². The molecule has 1 atom stereocenters. The molecule has 8 nitrogen and oxygen atoms in total. The fourth-order valence-electron chi connectivity index (χ4n) is 4.76. The Balaban J connectivity index is 1.59. The first-order valence-corrected chi connectivity index (χ1v) is 10.6. The van der Waals surface area contributed by atoms with Crippen LogP contribution in [0.3, 0.4) is 0 Å². The molecule has 0 aliphatic carbocycles. The number of carbonyl (C=O) groups is 4. The number of likely N-dealkylation sites (N-methyl/N-ethyl adjacent to an activating group) is 1.